The number of rotatable bonds is 6. The van der Waals surface area contributed by atoms with Gasteiger partial charge < -0.3 is 5.11 Å². The number of benzene rings is 1. The van der Waals surface area contributed by atoms with Gasteiger partial charge >= 0.3 is 0 Å². The van der Waals surface area contributed by atoms with E-state index in [1.807, 2.05) is 6.92 Å². The second-order valence-electron chi connectivity index (χ2n) is 6.45. The molecule has 2 unspecified atom stereocenters. The average molecular weight is 260 g/mol. The molecule has 1 aliphatic carbocycles. The van der Waals surface area contributed by atoms with E-state index in [-0.39, 0.29) is 0 Å². The number of fused-ring (bicyclic) bond motifs is 1. The highest BCUT2D eigenvalue weighted by molar-refractivity contribution is 5.32. The average Bonchev–Trinajstić information content (AvgIpc) is 2.39. The summed E-state index contributed by atoms with van der Waals surface area (Å²) in [5.41, 5.74) is 2.50. The van der Waals surface area contributed by atoms with E-state index in [0.717, 1.165) is 19.3 Å². The zero-order valence-electron chi connectivity index (χ0n) is 12.5. The summed E-state index contributed by atoms with van der Waals surface area (Å²) in [7, 11) is 0. The Kier molecular flexibility index (Phi) is 5.04. The fourth-order valence-corrected chi connectivity index (χ4v) is 3.46. The maximum Gasteiger partial charge on any atom is 0.0625 e. The van der Waals surface area contributed by atoms with E-state index >= 15 is 0 Å². The summed E-state index contributed by atoms with van der Waals surface area (Å²) in [6, 6.07) is 8.80. The molecule has 0 amide bonds. The SMILES string of the molecule is CCCCCC(C)(O)CC1CCCc2ccccc21. The van der Waals surface area contributed by atoms with Gasteiger partial charge in [-0.1, -0.05) is 50.5 Å². The van der Waals surface area contributed by atoms with Crippen LogP contribution in [0.4, 0.5) is 0 Å². The highest BCUT2D eigenvalue weighted by Crippen LogP contribution is 2.38. The Morgan fingerprint density at radius 3 is 2.84 bits per heavy atom. The minimum Gasteiger partial charge on any atom is -0.390 e. The zero-order valence-corrected chi connectivity index (χ0v) is 12.5. The minimum atomic E-state index is -0.496. The number of hydrogen-bond donors (Lipinski definition) is 1. The molecular weight excluding hydrogens is 232 g/mol. The second kappa shape index (κ2) is 6.56. The topological polar surface area (TPSA) is 20.2 Å². The minimum absolute atomic E-state index is 0.496. The van der Waals surface area contributed by atoms with E-state index in [4.69, 9.17) is 0 Å². The first-order chi connectivity index (χ1) is 9.12. The van der Waals surface area contributed by atoms with Gasteiger partial charge in [0.05, 0.1) is 5.60 Å². The smallest absolute Gasteiger partial charge is 0.0625 e. The van der Waals surface area contributed by atoms with Crippen molar-refractivity contribution in [1.82, 2.24) is 0 Å². The van der Waals surface area contributed by atoms with Crippen molar-refractivity contribution in [2.24, 2.45) is 0 Å². The van der Waals surface area contributed by atoms with E-state index in [1.54, 1.807) is 0 Å². The Labute approximate surface area is 118 Å². The molecule has 1 aromatic rings. The predicted octanol–water partition coefficient (Wildman–Crippen LogP) is 4.83. The summed E-state index contributed by atoms with van der Waals surface area (Å²) >= 11 is 0. The molecule has 0 spiro atoms. The largest absolute Gasteiger partial charge is 0.390 e. The molecule has 0 aliphatic heterocycles. The highest BCUT2D eigenvalue weighted by Gasteiger charge is 2.28. The van der Waals surface area contributed by atoms with E-state index < -0.39 is 5.60 Å². The molecule has 106 valence electrons. The molecule has 1 aliphatic rings. The summed E-state index contributed by atoms with van der Waals surface area (Å²) in [5, 5.41) is 10.6. The number of unbranched alkanes of at least 4 members (excludes halogenated alkanes) is 2. The molecule has 2 rings (SSSR count). The van der Waals surface area contributed by atoms with E-state index in [9.17, 15) is 5.11 Å². The van der Waals surface area contributed by atoms with Crippen LogP contribution in [0.2, 0.25) is 0 Å². The Bertz CT molecular complexity index is 394. The fraction of sp³-hybridized carbons (Fsp3) is 0.667. The van der Waals surface area contributed by atoms with Crippen LogP contribution in [0.3, 0.4) is 0 Å². The molecule has 2 atom stereocenters. The lowest BCUT2D eigenvalue weighted by Crippen LogP contribution is -2.28. The van der Waals surface area contributed by atoms with Gasteiger partial charge in [0.2, 0.25) is 0 Å². The molecule has 0 fully saturated rings. The number of aryl methyl sites for hydroxylation is 1. The summed E-state index contributed by atoms with van der Waals surface area (Å²) in [5.74, 6) is 0.557. The van der Waals surface area contributed by atoms with Crippen molar-refractivity contribution >= 4 is 0 Å². The molecule has 0 bridgehead atoms. The van der Waals surface area contributed by atoms with E-state index in [2.05, 4.69) is 31.2 Å². The van der Waals surface area contributed by atoms with Crippen molar-refractivity contribution < 1.29 is 5.11 Å². The first-order valence-electron chi connectivity index (χ1n) is 7.92. The lowest BCUT2D eigenvalue weighted by Gasteiger charge is -2.32. The lowest BCUT2D eigenvalue weighted by molar-refractivity contribution is 0.0305. The van der Waals surface area contributed by atoms with Crippen LogP contribution >= 0.6 is 0 Å². The molecule has 1 N–H and O–H groups in total. The number of aliphatic hydroxyl groups is 1. The van der Waals surface area contributed by atoms with Gasteiger partial charge in [0.25, 0.3) is 0 Å². The molecule has 0 saturated heterocycles. The van der Waals surface area contributed by atoms with Gasteiger partial charge in [-0.25, -0.2) is 0 Å². The molecular formula is C18H28O. The van der Waals surface area contributed by atoms with Crippen LogP contribution in [0.5, 0.6) is 0 Å². The third-order valence-corrected chi connectivity index (χ3v) is 4.50. The van der Waals surface area contributed by atoms with Crippen LogP contribution in [-0.2, 0) is 6.42 Å². The van der Waals surface area contributed by atoms with E-state index in [0.29, 0.717) is 5.92 Å². The van der Waals surface area contributed by atoms with E-state index in [1.165, 1.54) is 43.2 Å². The Morgan fingerprint density at radius 1 is 1.26 bits per heavy atom. The quantitative estimate of drug-likeness (QED) is 0.726. The fourth-order valence-electron chi connectivity index (χ4n) is 3.46. The summed E-state index contributed by atoms with van der Waals surface area (Å²) in [6.07, 6.45) is 9.20. The maximum absolute atomic E-state index is 10.6. The van der Waals surface area contributed by atoms with Gasteiger partial charge in [-0.2, -0.15) is 0 Å². The van der Waals surface area contributed by atoms with Crippen LogP contribution in [0, 0.1) is 0 Å². The summed E-state index contributed by atoms with van der Waals surface area (Å²) < 4.78 is 0. The monoisotopic (exact) mass is 260 g/mol. The van der Waals surface area contributed by atoms with Crippen LogP contribution in [0.15, 0.2) is 24.3 Å². The van der Waals surface area contributed by atoms with Crippen LogP contribution in [-0.4, -0.2) is 10.7 Å². The molecule has 1 aromatic carbocycles. The normalized spacial score (nSPS) is 21.7. The molecule has 0 heterocycles. The molecule has 0 aromatic heterocycles. The third kappa shape index (κ3) is 4.07. The van der Waals surface area contributed by atoms with Crippen LogP contribution < -0.4 is 0 Å². The Balaban J connectivity index is 1.99. The molecule has 0 radical (unpaired) electrons. The molecule has 1 nitrogen and oxygen atoms in total. The standard InChI is InChI=1S/C18H28O/c1-3-4-7-13-18(2,19)14-16-11-8-10-15-9-5-6-12-17(15)16/h5-6,9,12,16,19H,3-4,7-8,10-11,13-14H2,1-2H3. The van der Waals surface area contributed by atoms with Crippen molar-refractivity contribution in [3.05, 3.63) is 35.4 Å². The van der Waals surface area contributed by atoms with Crippen molar-refractivity contribution in [2.75, 3.05) is 0 Å². The summed E-state index contributed by atoms with van der Waals surface area (Å²) in [6.45, 7) is 4.24. The molecule has 0 saturated carbocycles. The second-order valence-corrected chi connectivity index (χ2v) is 6.45. The first kappa shape index (κ1) is 14.6. The van der Waals surface area contributed by atoms with Gasteiger partial charge in [0.1, 0.15) is 0 Å². The molecule has 19 heavy (non-hydrogen) atoms. The van der Waals surface area contributed by atoms with Crippen LogP contribution in [0.1, 0.15) is 75.8 Å². The lowest BCUT2D eigenvalue weighted by atomic mass is 9.76. The van der Waals surface area contributed by atoms with Gasteiger partial charge in [0.15, 0.2) is 0 Å². The maximum atomic E-state index is 10.6. The van der Waals surface area contributed by atoms with Gasteiger partial charge in [-0.15, -0.1) is 0 Å². The molecule has 1 heteroatoms. The van der Waals surface area contributed by atoms with Gasteiger partial charge in [-0.3, -0.25) is 0 Å². The summed E-state index contributed by atoms with van der Waals surface area (Å²) in [4.78, 5) is 0. The first-order valence-corrected chi connectivity index (χ1v) is 7.92. The number of hydrogen-bond acceptors (Lipinski definition) is 1. The zero-order chi connectivity index (χ0) is 13.7. The van der Waals surface area contributed by atoms with Crippen LogP contribution in [0.25, 0.3) is 0 Å². The Morgan fingerprint density at radius 2 is 2.05 bits per heavy atom. The van der Waals surface area contributed by atoms with Crippen molar-refractivity contribution in [3.8, 4) is 0 Å². The predicted molar refractivity (Wildman–Crippen MR) is 81.5 cm³/mol. The van der Waals surface area contributed by atoms with Crippen molar-refractivity contribution in [3.63, 3.8) is 0 Å². The Hall–Kier alpha value is -0.820. The van der Waals surface area contributed by atoms with Crippen molar-refractivity contribution in [1.29, 1.82) is 0 Å². The van der Waals surface area contributed by atoms with Gasteiger partial charge in [-0.05, 0) is 56.1 Å². The third-order valence-electron chi connectivity index (χ3n) is 4.50. The van der Waals surface area contributed by atoms with Gasteiger partial charge in [0, 0.05) is 0 Å². The van der Waals surface area contributed by atoms with Crippen molar-refractivity contribution in [2.45, 2.75) is 76.7 Å². The highest BCUT2D eigenvalue weighted by atomic mass is 16.3.